The van der Waals surface area contributed by atoms with E-state index in [1.54, 1.807) is 11.4 Å². The van der Waals surface area contributed by atoms with Crippen molar-refractivity contribution in [1.82, 2.24) is 15.5 Å². The molecule has 1 atom stereocenters. The SMILES string of the molecule is COC(=O)c1csc(NC(=O)N[C@@H]2CCc3cn[nH]c3C2)c1. The number of carbonyl (C=O) groups excluding carboxylic acids is 2. The van der Waals surface area contributed by atoms with Gasteiger partial charge in [-0.2, -0.15) is 5.10 Å². The van der Waals surface area contributed by atoms with E-state index in [4.69, 9.17) is 0 Å². The number of aromatic amines is 1. The van der Waals surface area contributed by atoms with Crippen molar-refractivity contribution in [3.05, 3.63) is 34.5 Å². The molecule has 1 aliphatic rings. The molecule has 0 bridgehead atoms. The predicted molar refractivity (Wildman–Crippen MR) is 82.2 cm³/mol. The van der Waals surface area contributed by atoms with Crippen LogP contribution in [0.15, 0.2) is 17.6 Å². The second-order valence-corrected chi connectivity index (χ2v) is 6.01. The molecule has 0 aliphatic heterocycles. The number of hydrogen-bond acceptors (Lipinski definition) is 5. The van der Waals surface area contributed by atoms with Gasteiger partial charge in [0.1, 0.15) is 0 Å². The molecule has 3 rings (SSSR count). The Hall–Kier alpha value is -2.35. The summed E-state index contributed by atoms with van der Waals surface area (Å²) in [7, 11) is 1.33. The van der Waals surface area contributed by atoms with Gasteiger partial charge in [0, 0.05) is 23.5 Å². The molecule has 0 aromatic carbocycles. The van der Waals surface area contributed by atoms with Crippen molar-refractivity contribution >= 4 is 28.3 Å². The first-order valence-corrected chi connectivity index (χ1v) is 7.79. The number of thiophene rings is 1. The minimum Gasteiger partial charge on any atom is -0.465 e. The first-order chi connectivity index (χ1) is 10.7. The Bertz CT molecular complexity index is 694. The normalized spacial score (nSPS) is 16.7. The van der Waals surface area contributed by atoms with Crippen LogP contribution < -0.4 is 10.6 Å². The number of aromatic nitrogens is 2. The van der Waals surface area contributed by atoms with Crippen molar-refractivity contribution in [2.45, 2.75) is 25.3 Å². The van der Waals surface area contributed by atoms with Crippen LogP contribution in [0, 0.1) is 0 Å². The number of methoxy groups -OCH3 is 1. The van der Waals surface area contributed by atoms with Crippen LogP contribution in [0.4, 0.5) is 9.80 Å². The van der Waals surface area contributed by atoms with Crippen LogP contribution in [0.5, 0.6) is 0 Å². The van der Waals surface area contributed by atoms with Gasteiger partial charge in [-0.3, -0.25) is 10.4 Å². The summed E-state index contributed by atoms with van der Waals surface area (Å²) in [5.74, 6) is -0.413. The standard InChI is InChI=1S/C14H16N4O3S/c1-21-13(19)9-4-12(22-7-9)17-14(20)16-10-3-2-8-6-15-18-11(8)5-10/h4,6-7,10H,2-3,5H2,1H3,(H,15,18)(H2,16,17,20)/t10-/m1/s1. The summed E-state index contributed by atoms with van der Waals surface area (Å²) in [6.45, 7) is 0. The van der Waals surface area contributed by atoms with Gasteiger partial charge in [-0.05, 0) is 24.5 Å². The minimum atomic E-state index is -0.413. The third kappa shape index (κ3) is 3.11. The van der Waals surface area contributed by atoms with E-state index in [-0.39, 0.29) is 12.1 Å². The number of amides is 2. The van der Waals surface area contributed by atoms with Crippen LogP contribution in [0.1, 0.15) is 28.0 Å². The smallest absolute Gasteiger partial charge is 0.338 e. The summed E-state index contributed by atoms with van der Waals surface area (Å²) in [5.41, 5.74) is 2.74. The lowest BCUT2D eigenvalue weighted by Gasteiger charge is -2.22. The molecule has 2 aromatic rings. The molecule has 2 amide bonds. The molecule has 0 radical (unpaired) electrons. The molecular formula is C14H16N4O3S. The van der Waals surface area contributed by atoms with E-state index < -0.39 is 5.97 Å². The Morgan fingerprint density at radius 1 is 1.50 bits per heavy atom. The monoisotopic (exact) mass is 320 g/mol. The Morgan fingerprint density at radius 2 is 2.36 bits per heavy atom. The quantitative estimate of drug-likeness (QED) is 0.753. The molecule has 1 aliphatic carbocycles. The summed E-state index contributed by atoms with van der Waals surface area (Å²) in [5, 5.41) is 14.9. The molecule has 2 heterocycles. The number of anilines is 1. The van der Waals surface area contributed by atoms with Gasteiger partial charge in [-0.25, -0.2) is 9.59 Å². The zero-order valence-corrected chi connectivity index (χ0v) is 12.8. The molecule has 2 aromatic heterocycles. The van der Waals surface area contributed by atoms with Gasteiger partial charge in [0.15, 0.2) is 0 Å². The van der Waals surface area contributed by atoms with Crippen molar-refractivity contribution in [2.24, 2.45) is 0 Å². The summed E-state index contributed by atoms with van der Waals surface area (Å²) in [6.07, 6.45) is 4.38. The Kier molecular flexibility index (Phi) is 4.10. The van der Waals surface area contributed by atoms with Gasteiger partial charge in [0.05, 0.1) is 23.9 Å². The van der Waals surface area contributed by atoms with E-state index in [2.05, 4.69) is 25.6 Å². The van der Waals surface area contributed by atoms with Crippen molar-refractivity contribution in [3.8, 4) is 0 Å². The van der Waals surface area contributed by atoms with Crippen LogP contribution in [-0.2, 0) is 17.6 Å². The van der Waals surface area contributed by atoms with Gasteiger partial charge in [-0.1, -0.05) is 0 Å². The second-order valence-electron chi connectivity index (χ2n) is 5.10. The maximum absolute atomic E-state index is 12.0. The van der Waals surface area contributed by atoms with Crippen molar-refractivity contribution in [1.29, 1.82) is 0 Å². The van der Waals surface area contributed by atoms with Gasteiger partial charge in [0.2, 0.25) is 0 Å². The maximum atomic E-state index is 12.0. The molecule has 3 N–H and O–H groups in total. The van der Waals surface area contributed by atoms with Crippen LogP contribution >= 0.6 is 11.3 Å². The van der Waals surface area contributed by atoms with E-state index in [1.807, 2.05) is 6.20 Å². The van der Waals surface area contributed by atoms with Crippen molar-refractivity contribution < 1.29 is 14.3 Å². The fraction of sp³-hybridized carbons (Fsp3) is 0.357. The molecule has 0 fully saturated rings. The lowest BCUT2D eigenvalue weighted by Crippen LogP contribution is -2.41. The van der Waals surface area contributed by atoms with Gasteiger partial charge >= 0.3 is 12.0 Å². The van der Waals surface area contributed by atoms with E-state index in [1.165, 1.54) is 24.0 Å². The summed E-state index contributed by atoms with van der Waals surface area (Å²) in [4.78, 5) is 23.4. The number of nitrogens with zero attached hydrogens (tertiary/aromatic N) is 1. The van der Waals surface area contributed by atoms with E-state index >= 15 is 0 Å². The number of ether oxygens (including phenoxy) is 1. The first-order valence-electron chi connectivity index (χ1n) is 6.91. The van der Waals surface area contributed by atoms with Gasteiger partial charge < -0.3 is 10.1 Å². The predicted octanol–water partition coefficient (Wildman–Crippen LogP) is 1.94. The molecule has 22 heavy (non-hydrogen) atoms. The first kappa shape index (κ1) is 14.6. The number of aryl methyl sites for hydroxylation is 1. The number of fused-ring (bicyclic) bond motifs is 1. The Balaban J connectivity index is 1.55. The number of H-pyrrole nitrogens is 1. The molecule has 0 saturated carbocycles. The summed E-state index contributed by atoms with van der Waals surface area (Å²) >= 11 is 1.28. The van der Waals surface area contributed by atoms with Crippen molar-refractivity contribution in [2.75, 3.05) is 12.4 Å². The Morgan fingerprint density at radius 3 is 3.18 bits per heavy atom. The lowest BCUT2D eigenvalue weighted by molar-refractivity contribution is 0.0601. The average molecular weight is 320 g/mol. The van der Waals surface area contributed by atoms with Crippen LogP contribution in [-0.4, -0.2) is 35.3 Å². The number of rotatable bonds is 3. The number of nitrogens with one attached hydrogen (secondary N) is 3. The highest BCUT2D eigenvalue weighted by Crippen LogP contribution is 2.22. The number of urea groups is 1. The van der Waals surface area contributed by atoms with Gasteiger partial charge in [0.25, 0.3) is 0 Å². The fourth-order valence-electron chi connectivity index (χ4n) is 2.49. The Labute approximate surface area is 131 Å². The zero-order valence-electron chi connectivity index (χ0n) is 12.0. The number of carbonyl (C=O) groups is 2. The average Bonchev–Trinajstić information content (AvgIpc) is 3.14. The second kappa shape index (κ2) is 6.18. The van der Waals surface area contributed by atoms with Crippen molar-refractivity contribution in [3.63, 3.8) is 0 Å². The lowest BCUT2D eigenvalue weighted by atomic mass is 9.94. The summed E-state index contributed by atoms with van der Waals surface area (Å²) < 4.78 is 4.63. The molecule has 7 nitrogen and oxygen atoms in total. The van der Waals surface area contributed by atoms with Crippen LogP contribution in [0.2, 0.25) is 0 Å². The van der Waals surface area contributed by atoms with E-state index in [0.29, 0.717) is 10.6 Å². The number of hydrogen-bond donors (Lipinski definition) is 3. The third-order valence-electron chi connectivity index (χ3n) is 3.61. The molecule has 0 unspecified atom stereocenters. The van der Waals surface area contributed by atoms with Gasteiger partial charge in [-0.15, -0.1) is 11.3 Å². The molecule has 116 valence electrons. The zero-order chi connectivity index (χ0) is 15.5. The molecule has 8 heteroatoms. The summed E-state index contributed by atoms with van der Waals surface area (Å²) in [6, 6.07) is 1.41. The molecular weight excluding hydrogens is 304 g/mol. The highest BCUT2D eigenvalue weighted by molar-refractivity contribution is 7.14. The minimum absolute atomic E-state index is 0.0768. The fourth-order valence-corrected chi connectivity index (χ4v) is 3.26. The number of esters is 1. The molecule has 0 saturated heterocycles. The highest BCUT2D eigenvalue weighted by atomic mass is 32.1. The topological polar surface area (TPSA) is 96.1 Å². The van der Waals surface area contributed by atoms with E-state index in [9.17, 15) is 9.59 Å². The van der Waals surface area contributed by atoms with E-state index in [0.717, 1.165) is 25.0 Å². The van der Waals surface area contributed by atoms with Crippen LogP contribution in [0.25, 0.3) is 0 Å². The molecule has 0 spiro atoms. The largest absolute Gasteiger partial charge is 0.465 e. The van der Waals surface area contributed by atoms with Crippen LogP contribution in [0.3, 0.4) is 0 Å². The maximum Gasteiger partial charge on any atom is 0.338 e. The third-order valence-corrected chi connectivity index (χ3v) is 4.46. The highest BCUT2D eigenvalue weighted by Gasteiger charge is 2.21.